The summed E-state index contributed by atoms with van der Waals surface area (Å²) in [6.07, 6.45) is -4.52. The smallest absolute Gasteiger partial charge is 0.329 e. The van der Waals surface area contributed by atoms with Gasteiger partial charge in [0.2, 0.25) is 5.91 Å². The van der Waals surface area contributed by atoms with Gasteiger partial charge >= 0.3 is 6.18 Å². The molecule has 0 bridgehead atoms. The normalized spacial score (nSPS) is 18.4. The van der Waals surface area contributed by atoms with Gasteiger partial charge in [0.15, 0.2) is 0 Å². The Morgan fingerprint density at radius 2 is 1.85 bits per heavy atom. The molecule has 4 rings (SSSR count). The predicted molar refractivity (Wildman–Crippen MR) is 122 cm³/mol. The molecule has 2 aromatic carbocycles. The number of carbonyl (C=O) groups is 2. The number of hydrogen-bond acceptors (Lipinski definition) is 3. The van der Waals surface area contributed by atoms with Gasteiger partial charge in [0.1, 0.15) is 0 Å². The maximum absolute atomic E-state index is 13.6. The molecule has 0 unspecified atom stereocenters. The summed E-state index contributed by atoms with van der Waals surface area (Å²) in [6, 6.07) is 14.7. The number of nitrogens with zero attached hydrogens (tertiary/aromatic N) is 1. The van der Waals surface area contributed by atoms with Crippen LogP contribution in [0.25, 0.3) is 0 Å². The van der Waals surface area contributed by atoms with Crippen molar-refractivity contribution in [1.29, 1.82) is 0 Å². The third kappa shape index (κ3) is 4.66. The van der Waals surface area contributed by atoms with Crippen molar-refractivity contribution in [2.24, 2.45) is 5.92 Å². The third-order valence-electron chi connectivity index (χ3n) is 5.58. The first-order chi connectivity index (χ1) is 15.7. The van der Waals surface area contributed by atoms with E-state index in [1.165, 1.54) is 23.5 Å². The lowest BCUT2D eigenvalue weighted by atomic mass is 9.81. The Morgan fingerprint density at radius 1 is 1.09 bits per heavy atom. The topological polar surface area (TPSA) is 49.4 Å². The molecule has 172 valence electrons. The van der Waals surface area contributed by atoms with Crippen LogP contribution in [-0.2, 0) is 11.0 Å². The molecule has 33 heavy (non-hydrogen) atoms. The van der Waals surface area contributed by atoms with Crippen LogP contribution < -0.4 is 5.32 Å². The average molecular weight is 473 g/mol. The molecule has 2 amide bonds. The molecule has 2 heterocycles. The van der Waals surface area contributed by atoms with Gasteiger partial charge in [0.05, 0.1) is 17.5 Å². The summed E-state index contributed by atoms with van der Waals surface area (Å²) in [7, 11) is 0. The number of rotatable bonds is 5. The molecule has 4 nitrogen and oxygen atoms in total. The molecule has 3 aromatic rings. The minimum Gasteiger partial charge on any atom is -0.329 e. The number of alkyl halides is 3. The number of anilines is 1. The predicted octanol–water partition coefficient (Wildman–Crippen LogP) is 6.34. The molecule has 1 N–H and O–H groups in total. The van der Waals surface area contributed by atoms with E-state index in [9.17, 15) is 22.8 Å². The Hall–Kier alpha value is -3.13. The minimum absolute atomic E-state index is 0.0598. The minimum atomic E-state index is -4.52. The van der Waals surface area contributed by atoms with Crippen molar-refractivity contribution in [2.45, 2.75) is 32.0 Å². The Kier molecular flexibility index (Phi) is 6.30. The van der Waals surface area contributed by atoms with Crippen molar-refractivity contribution >= 4 is 28.8 Å². The average Bonchev–Trinajstić information content (AvgIpc) is 3.29. The monoisotopic (exact) mass is 472 g/mol. The number of amides is 2. The number of halogens is 3. The lowest BCUT2D eigenvalue weighted by Crippen LogP contribution is -2.47. The van der Waals surface area contributed by atoms with Crippen LogP contribution >= 0.6 is 11.3 Å². The summed E-state index contributed by atoms with van der Waals surface area (Å²) in [5.74, 6) is -1.22. The molecule has 2 atom stereocenters. The maximum atomic E-state index is 13.6. The van der Waals surface area contributed by atoms with Crippen molar-refractivity contribution in [3.8, 4) is 0 Å². The highest BCUT2D eigenvalue weighted by molar-refractivity contribution is 7.10. The van der Waals surface area contributed by atoms with Crippen LogP contribution in [0.5, 0.6) is 0 Å². The van der Waals surface area contributed by atoms with Crippen molar-refractivity contribution in [1.82, 2.24) is 4.90 Å². The number of nitrogens with one attached hydrogen (secondary N) is 1. The van der Waals surface area contributed by atoms with E-state index in [0.29, 0.717) is 17.7 Å². The van der Waals surface area contributed by atoms with Gasteiger partial charge in [-0.25, -0.2) is 0 Å². The van der Waals surface area contributed by atoms with Crippen LogP contribution in [0, 0.1) is 5.92 Å². The quantitative estimate of drug-likeness (QED) is 0.471. The summed E-state index contributed by atoms with van der Waals surface area (Å²) in [6.45, 7) is 4.44. The van der Waals surface area contributed by atoms with Crippen LogP contribution in [0.3, 0.4) is 0 Å². The van der Waals surface area contributed by atoms with Crippen molar-refractivity contribution < 1.29 is 22.8 Å². The molecular weight excluding hydrogens is 449 g/mol. The Morgan fingerprint density at radius 3 is 2.52 bits per heavy atom. The summed E-state index contributed by atoms with van der Waals surface area (Å²) >= 11 is 1.45. The molecule has 1 aliphatic heterocycles. The number of fused-ring (bicyclic) bond motifs is 1. The van der Waals surface area contributed by atoms with E-state index >= 15 is 0 Å². The lowest BCUT2D eigenvalue weighted by molar-refractivity contribution is -0.137. The number of carbonyl (C=O) groups excluding carboxylic acids is 2. The van der Waals surface area contributed by atoms with E-state index in [2.05, 4.69) is 5.32 Å². The van der Waals surface area contributed by atoms with E-state index < -0.39 is 29.6 Å². The van der Waals surface area contributed by atoms with E-state index in [1.807, 2.05) is 31.4 Å². The first-order valence-corrected chi connectivity index (χ1v) is 11.5. The van der Waals surface area contributed by atoms with Crippen LogP contribution in [0.4, 0.5) is 18.9 Å². The van der Waals surface area contributed by atoms with Crippen molar-refractivity contribution in [3.05, 3.63) is 87.6 Å². The molecule has 0 saturated carbocycles. The summed E-state index contributed by atoms with van der Waals surface area (Å²) in [4.78, 5) is 29.6. The van der Waals surface area contributed by atoms with E-state index in [4.69, 9.17) is 0 Å². The summed E-state index contributed by atoms with van der Waals surface area (Å²) < 4.78 is 39.5. The molecule has 8 heteroatoms. The first kappa shape index (κ1) is 23.0. The zero-order chi connectivity index (χ0) is 23.8. The molecular formula is C25H23F3N2O2S. The van der Waals surface area contributed by atoms with E-state index in [-0.39, 0.29) is 17.5 Å². The van der Waals surface area contributed by atoms with Gasteiger partial charge in [-0.1, -0.05) is 44.2 Å². The Balaban J connectivity index is 1.79. The van der Waals surface area contributed by atoms with Gasteiger partial charge < -0.3 is 10.2 Å². The highest BCUT2D eigenvalue weighted by atomic mass is 32.1. The molecule has 0 saturated heterocycles. The summed E-state index contributed by atoms with van der Waals surface area (Å²) in [5.41, 5.74) is 0.237. The second-order valence-corrected chi connectivity index (χ2v) is 9.42. The molecule has 1 aromatic heterocycles. The molecule has 0 radical (unpaired) electrons. The Labute approximate surface area is 194 Å². The van der Waals surface area contributed by atoms with Crippen LogP contribution in [-0.4, -0.2) is 23.3 Å². The third-order valence-corrected chi connectivity index (χ3v) is 6.52. The van der Waals surface area contributed by atoms with E-state index in [0.717, 1.165) is 17.0 Å². The number of hydrogen-bond donors (Lipinski definition) is 1. The second-order valence-electron chi connectivity index (χ2n) is 8.44. The first-order valence-electron chi connectivity index (χ1n) is 10.6. The lowest BCUT2D eigenvalue weighted by Gasteiger charge is -2.42. The molecule has 0 fully saturated rings. The Bertz CT molecular complexity index is 1160. The van der Waals surface area contributed by atoms with Crippen LogP contribution in [0.15, 0.2) is 66.0 Å². The van der Waals surface area contributed by atoms with E-state index in [1.54, 1.807) is 29.2 Å². The zero-order valence-electron chi connectivity index (χ0n) is 18.1. The second kappa shape index (κ2) is 9.02. The van der Waals surface area contributed by atoms with Crippen LogP contribution in [0.2, 0.25) is 0 Å². The fourth-order valence-electron chi connectivity index (χ4n) is 4.24. The fraction of sp³-hybridized carbons (Fsp3) is 0.280. The van der Waals surface area contributed by atoms with Gasteiger partial charge in [-0.15, -0.1) is 11.3 Å². The SMILES string of the molecule is CC(C)CN1C(=O)c2ccccc2[C@H](C(=O)Nc2cccc(C(F)(F)F)c2)[C@H]1c1cccs1. The number of benzene rings is 2. The molecule has 1 aliphatic rings. The van der Waals surface area contributed by atoms with Crippen molar-refractivity contribution in [3.63, 3.8) is 0 Å². The number of thiophene rings is 1. The van der Waals surface area contributed by atoms with Gasteiger partial charge in [0, 0.05) is 22.7 Å². The van der Waals surface area contributed by atoms with Gasteiger partial charge in [0.25, 0.3) is 5.91 Å². The molecule has 0 aliphatic carbocycles. The van der Waals surface area contributed by atoms with Gasteiger partial charge in [-0.2, -0.15) is 13.2 Å². The maximum Gasteiger partial charge on any atom is 0.416 e. The molecule has 0 spiro atoms. The van der Waals surface area contributed by atoms with Crippen molar-refractivity contribution in [2.75, 3.05) is 11.9 Å². The fourth-order valence-corrected chi connectivity index (χ4v) is 5.11. The highest BCUT2D eigenvalue weighted by Gasteiger charge is 2.44. The largest absolute Gasteiger partial charge is 0.416 e. The van der Waals surface area contributed by atoms with Gasteiger partial charge in [-0.05, 0) is 47.2 Å². The highest BCUT2D eigenvalue weighted by Crippen LogP contribution is 2.45. The van der Waals surface area contributed by atoms with Crippen LogP contribution in [0.1, 0.15) is 52.2 Å². The summed E-state index contributed by atoms with van der Waals surface area (Å²) in [5, 5.41) is 4.56. The standard InChI is InChI=1S/C25H23F3N2O2S/c1-15(2)14-30-22(20-11-6-12-33-20)21(18-9-3-4-10-19(18)24(30)32)23(31)29-17-8-5-7-16(13-17)25(26,27)28/h3-13,15,21-22H,14H2,1-2H3,(H,29,31)/t21-,22+/m0/s1. The zero-order valence-corrected chi connectivity index (χ0v) is 18.9. The van der Waals surface area contributed by atoms with Gasteiger partial charge in [-0.3, -0.25) is 9.59 Å².